The second-order valence-corrected chi connectivity index (χ2v) is 7.47. The van der Waals surface area contributed by atoms with Crippen LogP contribution in [-0.4, -0.2) is 27.3 Å². The number of rotatable bonds is 5. The Labute approximate surface area is 154 Å². The highest BCUT2D eigenvalue weighted by Gasteiger charge is 2.42. The third kappa shape index (κ3) is 3.57. The first-order chi connectivity index (χ1) is 12.3. The lowest BCUT2D eigenvalue weighted by atomic mass is 9.92. The maximum Gasteiger partial charge on any atom is 0.210 e. The lowest BCUT2D eigenvalue weighted by Crippen LogP contribution is -2.29. The SMILES string of the molecule is COc1ccc(C2=C(c3ccc(CS(=O)O)cc3)OC(C)(C)C2=O)cc1. The maximum atomic E-state index is 12.9. The molecule has 0 bridgehead atoms. The monoisotopic (exact) mass is 372 g/mol. The summed E-state index contributed by atoms with van der Waals surface area (Å²) in [5.41, 5.74) is 1.83. The van der Waals surface area contributed by atoms with Crippen molar-refractivity contribution >= 4 is 28.2 Å². The lowest BCUT2D eigenvalue weighted by molar-refractivity contribution is -0.125. The van der Waals surface area contributed by atoms with Crippen LogP contribution < -0.4 is 4.74 Å². The Morgan fingerprint density at radius 2 is 1.62 bits per heavy atom. The van der Waals surface area contributed by atoms with Crippen molar-refractivity contribution in [1.29, 1.82) is 0 Å². The van der Waals surface area contributed by atoms with E-state index in [1.807, 2.05) is 12.1 Å². The van der Waals surface area contributed by atoms with Crippen molar-refractivity contribution in [3.05, 3.63) is 65.2 Å². The maximum absolute atomic E-state index is 12.9. The number of hydrogen-bond donors (Lipinski definition) is 1. The van der Waals surface area contributed by atoms with E-state index in [9.17, 15) is 9.00 Å². The second-order valence-electron chi connectivity index (χ2n) is 6.54. The van der Waals surface area contributed by atoms with Crippen molar-refractivity contribution in [2.24, 2.45) is 0 Å². The molecule has 0 radical (unpaired) electrons. The van der Waals surface area contributed by atoms with E-state index in [4.69, 9.17) is 14.0 Å². The molecular weight excluding hydrogens is 352 g/mol. The zero-order valence-corrected chi connectivity index (χ0v) is 15.6. The molecule has 0 saturated carbocycles. The Hall–Kier alpha value is -2.44. The minimum Gasteiger partial charge on any atom is -0.497 e. The highest BCUT2D eigenvalue weighted by atomic mass is 32.2. The molecule has 0 aliphatic carbocycles. The first-order valence-corrected chi connectivity index (χ1v) is 9.38. The molecule has 0 spiro atoms. The fourth-order valence-electron chi connectivity index (χ4n) is 2.87. The molecule has 1 aliphatic rings. The van der Waals surface area contributed by atoms with Crippen LogP contribution in [0.2, 0.25) is 0 Å². The molecule has 1 unspecified atom stereocenters. The van der Waals surface area contributed by atoms with Gasteiger partial charge in [0.2, 0.25) is 5.78 Å². The fraction of sp³-hybridized carbons (Fsp3) is 0.250. The Morgan fingerprint density at radius 3 is 2.15 bits per heavy atom. The van der Waals surface area contributed by atoms with Crippen LogP contribution in [0.25, 0.3) is 11.3 Å². The summed E-state index contributed by atoms with van der Waals surface area (Å²) in [6.07, 6.45) is 0. The highest BCUT2D eigenvalue weighted by molar-refractivity contribution is 7.78. The van der Waals surface area contributed by atoms with Gasteiger partial charge in [0.25, 0.3) is 0 Å². The van der Waals surface area contributed by atoms with Crippen LogP contribution in [0.1, 0.15) is 30.5 Å². The average molecular weight is 372 g/mol. The molecule has 1 heterocycles. The van der Waals surface area contributed by atoms with Crippen LogP contribution in [0.15, 0.2) is 48.5 Å². The van der Waals surface area contributed by atoms with Gasteiger partial charge in [-0.2, -0.15) is 0 Å². The van der Waals surface area contributed by atoms with Crippen LogP contribution in [0.5, 0.6) is 5.75 Å². The summed E-state index contributed by atoms with van der Waals surface area (Å²) in [4.78, 5) is 12.9. The summed E-state index contributed by atoms with van der Waals surface area (Å²) in [6.45, 7) is 3.49. The average Bonchev–Trinajstić information content (AvgIpc) is 2.85. The van der Waals surface area contributed by atoms with E-state index in [1.54, 1.807) is 57.4 Å². The molecule has 1 atom stereocenters. The Kier molecular flexibility index (Phi) is 4.98. The van der Waals surface area contributed by atoms with Crippen molar-refractivity contribution in [3.63, 3.8) is 0 Å². The summed E-state index contributed by atoms with van der Waals surface area (Å²) in [6, 6.07) is 14.4. The van der Waals surface area contributed by atoms with Gasteiger partial charge in [-0.1, -0.05) is 36.4 Å². The summed E-state index contributed by atoms with van der Waals surface area (Å²) in [7, 11) is 1.59. The lowest BCUT2D eigenvalue weighted by Gasteiger charge is -2.18. The van der Waals surface area contributed by atoms with Gasteiger partial charge in [-0.05, 0) is 37.1 Å². The number of carbonyl (C=O) groups is 1. The van der Waals surface area contributed by atoms with Crippen LogP contribution in [-0.2, 0) is 26.4 Å². The van der Waals surface area contributed by atoms with E-state index in [1.165, 1.54) is 0 Å². The largest absolute Gasteiger partial charge is 0.497 e. The zero-order valence-electron chi connectivity index (χ0n) is 14.8. The van der Waals surface area contributed by atoms with Crippen LogP contribution in [0, 0.1) is 0 Å². The molecule has 136 valence electrons. The Morgan fingerprint density at radius 1 is 1.04 bits per heavy atom. The Bertz CT molecular complexity index is 879. The van der Waals surface area contributed by atoms with Gasteiger partial charge < -0.3 is 14.0 Å². The van der Waals surface area contributed by atoms with E-state index in [0.29, 0.717) is 17.1 Å². The number of carbonyl (C=O) groups excluding carboxylic acids is 1. The van der Waals surface area contributed by atoms with E-state index >= 15 is 0 Å². The van der Waals surface area contributed by atoms with Crippen molar-refractivity contribution in [2.75, 3.05) is 7.11 Å². The minimum atomic E-state index is -1.89. The number of hydrogen-bond acceptors (Lipinski definition) is 4. The molecule has 1 aliphatic heterocycles. The molecule has 1 N–H and O–H groups in total. The molecule has 5 nitrogen and oxygen atoms in total. The predicted octanol–water partition coefficient (Wildman–Crippen LogP) is 3.66. The van der Waals surface area contributed by atoms with E-state index in [0.717, 1.165) is 16.7 Å². The molecular formula is C20H20O5S. The topological polar surface area (TPSA) is 72.8 Å². The predicted molar refractivity (Wildman–Crippen MR) is 101 cm³/mol. The highest BCUT2D eigenvalue weighted by Crippen LogP contribution is 2.41. The number of ether oxygens (including phenoxy) is 2. The molecule has 2 aromatic rings. The first kappa shape index (κ1) is 18.4. The van der Waals surface area contributed by atoms with Crippen molar-refractivity contribution in [1.82, 2.24) is 0 Å². The van der Waals surface area contributed by atoms with Gasteiger partial charge in [-0.25, -0.2) is 4.21 Å². The van der Waals surface area contributed by atoms with Crippen molar-refractivity contribution < 1.29 is 23.0 Å². The van der Waals surface area contributed by atoms with Gasteiger partial charge in [0.1, 0.15) is 11.5 Å². The summed E-state index contributed by atoms with van der Waals surface area (Å²) < 4.78 is 31.1. The molecule has 0 amide bonds. The van der Waals surface area contributed by atoms with Crippen LogP contribution in [0.3, 0.4) is 0 Å². The van der Waals surface area contributed by atoms with Gasteiger partial charge in [0.05, 0.1) is 18.4 Å². The number of methoxy groups -OCH3 is 1. The van der Waals surface area contributed by atoms with Crippen molar-refractivity contribution in [3.8, 4) is 5.75 Å². The normalized spacial score (nSPS) is 17.2. The van der Waals surface area contributed by atoms with E-state index < -0.39 is 16.7 Å². The van der Waals surface area contributed by atoms with E-state index in [-0.39, 0.29) is 11.5 Å². The molecule has 6 heteroatoms. The molecule has 0 aromatic heterocycles. The van der Waals surface area contributed by atoms with Gasteiger partial charge in [-0.3, -0.25) is 4.79 Å². The van der Waals surface area contributed by atoms with E-state index in [2.05, 4.69) is 0 Å². The third-order valence-corrected chi connectivity index (χ3v) is 4.82. The van der Waals surface area contributed by atoms with Crippen LogP contribution in [0.4, 0.5) is 0 Å². The number of ketones is 1. The molecule has 3 rings (SSSR count). The fourth-order valence-corrected chi connectivity index (χ4v) is 3.35. The Balaban J connectivity index is 2.05. The molecule has 26 heavy (non-hydrogen) atoms. The summed E-state index contributed by atoms with van der Waals surface area (Å²) in [5, 5.41) is 0. The number of Topliss-reactive ketones (excluding diaryl/α,β-unsaturated/α-hetero) is 1. The summed E-state index contributed by atoms with van der Waals surface area (Å²) in [5.74, 6) is 1.21. The smallest absolute Gasteiger partial charge is 0.210 e. The molecule has 0 fully saturated rings. The zero-order chi connectivity index (χ0) is 18.9. The van der Waals surface area contributed by atoms with Crippen LogP contribution >= 0.6 is 0 Å². The van der Waals surface area contributed by atoms with Crippen molar-refractivity contribution in [2.45, 2.75) is 25.2 Å². The third-order valence-electron chi connectivity index (χ3n) is 4.24. The van der Waals surface area contributed by atoms with Gasteiger partial charge in [0.15, 0.2) is 16.7 Å². The minimum absolute atomic E-state index is 0.0654. The quantitative estimate of drug-likeness (QED) is 0.811. The van der Waals surface area contributed by atoms with Gasteiger partial charge >= 0.3 is 0 Å². The van der Waals surface area contributed by atoms with Gasteiger partial charge in [0, 0.05) is 5.56 Å². The molecule has 2 aromatic carbocycles. The molecule has 0 saturated heterocycles. The second kappa shape index (κ2) is 7.05. The first-order valence-electron chi connectivity index (χ1n) is 8.11. The number of benzene rings is 2. The summed E-state index contributed by atoms with van der Waals surface area (Å²) >= 11 is -1.89. The standard InChI is InChI=1S/C20H20O5S/c1-20(2)19(21)17(14-8-10-16(24-3)11-9-14)18(25-20)15-6-4-13(5-7-15)12-26(22)23/h4-11H,12H2,1-3H3,(H,22,23). The van der Waals surface area contributed by atoms with Gasteiger partial charge in [-0.15, -0.1) is 0 Å².